The van der Waals surface area contributed by atoms with Gasteiger partial charge in [0.25, 0.3) is 0 Å². The maximum atomic E-state index is 11.9. The minimum atomic E-state index is -1.03. The minimum Gasteiger partial charge on any atom is -0.475 e. The largest absolute Gasteiger partial charge is 0.475 e. The van der Waals surface area contributed by atoms with Crippen molar-refractivity contribution in [2.45, 2.75) is 13.0 Å². The molecule has 0 radical (unpaired) electrons. The second-order valence-electron chi connectivity index (χ2n) is 5.21. The number of ether oxygens (including phenoxy) is 4. The normalized spacial score (nSPS) is 11.4. The van der Waals surface area contributed by atoms with E-state index in [0.29, 0.717) is 20.8 Å². The fourth-order valence-corrected chi connectivity index (χ4v) is 2.49. The molecule has 0 aliphatic rings. The van der Waals surface area contributed by atoms with Crippen molar-refractivity contribution in [2.24, 2.45) is 0 Å². The molecule has 0 fully saturated rings. The summed E-state index contributed by atoms with van der Waals surface area (Å²) in [6.45, 7) is 0.946. The molecule has 6 nitrogen and oxygen atoms in total. The van der Waals surface area contributed by atoms with Crippen LogP contribution in [0.4, 0.5) is 0 Å². The van der Waals surface area contributed by atoms with Crippen molar-refractivity contribution in [3.63, 3.8) is 0 Å². The van der Waals surface area contributed by atoms with Gasteiger partial charge in [0.05, 0.1) is 12.1 Å². The van der Waals surface area contributed by atoms with Crippen molar-refractivity contribution in [1.29, 1.82) is 0 Å². The SMILES string of the molecule is COC(=O)COC(=O)[C@@H](C)Oc1cc(Cl)ccc1Oc1ccc(Cl)cc1Cl. The summed E-state index contributed by atoms with van der Waals surface area (Å²) in [5.41, 5.74) is 0. The highest BCUT2D eigenvalue weighted by Crippen LogP contribution is 2.38. The van der Waals surface area contributed by atoms with E-state index in [0.717, 1.165) is 0 Å². The Labute approximate surface area is 170 Å². The van der Waals surface area contributed by atoms with Crippen molar-refractivity contribution in [3.8, 4) is 17.2 Å². The summed E-state index contributed by atoms with van der Waals surface area (Å²) in [7, 11) is 1.19. The maximum absolute atomic E-state index is 11.9. The van der Waals surface area contributed by atoms with E-state index in [1.165, 1.54) is 26.2 Å². The first-order chi connectivity index (χ1) is 12.8. The van der Waals surface area contributed by atoms with Crippen LogP contribution in [0.2, 0.25) is 15.1 Å². The summed E-state index contributed by atoms with van der Waals surface area (Å²) in [5.74, 6) is -0.628. The third kappa shape index (κ3) is 6.20. The third-order valence-corrected chi connectivity index (χ3v) is 3.98. The summed E-state index contributed by atoms with van der Waals surface area (Å²) in [5, 5.41) is 1.13. The van der Waals surface area contributed by atoms with Gasteiger partial charge in [-0.25, -0.2) is 9.59 Å². The van der Waals surface area contributed by atoms with Crippen LogP contribution in [-0.4, -0.2) is 31.8 Å². The van der Waals surface area contributed by atoms with Crippen molar-refractivity contribution >= 4 is 46.7 Å². The van der Waals surface area contributed by atoms with Gasteiger partial charge in [-0.2, -0.15) is 0 Å². The summed E-state index contributed by atoms with van der Waals surface area (Å²) in [6.07, 6.45) is -1.03. The van der Waals surface area contributed by atoms with Crippen LogP contribution in [0.5, 0.6) is 17.2 Å². The molecule has 144 valence electrons. The van der Waals surface area contributed by atoms with Crippen LogP contribution >= 0.6 is 34.8 Å². The van der Waals surface area contributed by atoms with E-state index >= 15 is 0 Å². The number of carbonyl (C=O) groups excluding carboxylic acids is 2. The first kappa shape index (κ1) is 21.2. The molecule has 2 aromatic rings. The molecule has 0 aliphatic heterocycles. The van der Waals surface area contributed by atoms with Gasteiger partial charge in [-0.05, 0) is 37.3 Å². The maximum Gasteiger partial charge on any atom is 0.347 e. The van der Waals surface area contributed by atoms with E-state index in [2.05, 4.69) is 4.74 Å². The molecule has 0 N–H and O–H groups in total. The van der Waals surface area contributed by atoms with Crippen LogP contribution in [0.15, 0.2) is 36.4 Å². The Morgan fingerprint density at radius 1 is 0.963 bits per heavy atom. The van der Waals surface area contributed by atoms with Crippen molar-refractivity contribution < 1.29 is 28.5 Å². The summed E-state index contributed by atoms with van der Waals surface area (Å²) < 4.78 is 20.5. The lowest BCUT2D eigenvalue weighted by Crippen LogP contribution is -2.28. The Hall–Kier alpha value is -2.15. The van der Waals surface area contributed by atoms with Crippen LogP contribution in [0, 0.1) is 0 Å². The van der Waals surface area contributed by atoms with E-state index in [9.17, 15) is 9.59 Å². The molecule has 2 aromatic carbocycles. The zero-order valence-corrected chi connectivity index (χ0v) is 16.6. The Balaban J connectivity index is 2.15. The number of benzene rings is 2. The molecule has 0 aliphatic carbocycles. The minimum absolute atomic E-state index is 0.191. The van der Waals surface area contributed by atoms with Gasteiger partial charge in [0.1, 0.15) is 5.75 Å². The number of carbonyl (C=O) groups is 2. The van der Waals surface area contributed by atoms with Gasteiger partial charge < -0.3 is 18.9 Å². The van der Waals surface area contributed by atoms with E-state index in [-0.39, 0.29) is 11.5 Å². The molecule has 0 saturated carbocycles. The number of hydrogen-bond acceptors (Lipinski definition) is 6. The van der Waals surface area contributed by atoms with Crippen LogP contribution in [0.3, 0.4) is 0 Å². The van der Waals surface area contributed by atoms with E-state index in [4.69, 9.17) is 49.0 Å². The summed E-state index contributed by atoms with van der Waals surface area (Å²) >= 11 is 18.0. The van der Waals surface area contributed by atoms with Gasteiger partial charge in [-0.15, -0.1) is 0 Å². The second-order valence-corrected chi connectivity index (χ2v) is 6.49. The molecular formula is C18H15Cl3O6. The number of halogens is 3. The highest BCUT2D eigenvalue weighted by molar-refractivity contribution is 6.35. The average Bonchev–Trinajstić information content (AvgIpc) is 2.63. The van der Waals surface area contributed by atoms with Gasteiger partial charge in [0.2, 0.25) is 0 Å². The van der Waals surface area contributed by atoms with Gasteiger partial charge in [0, 0.05) is 16.1 Å². The topological polar surface area (TPSA) is 71.1 Å². The van der Waals surface area contributed by atoms with Crippen LogP contribution in [-0.2, 0) is 19.1 Å². The second kappa shape index (κ2) is 9.69. The zero-order chi connectivity index (χ0) is 20.0. The fourth-order valence-electron chi connectivity index (χ4n) is 1.88. The lowest BCUT2D eigenvalue weighted by atomic mass is 10.3. The van der Waals surface area contributed by atoms with E-state index < -0.39 is 24.6 Å². The van der Waals surface area contributed by atoms with Crippen molar-refractivity contribution in [3.05, 3.63) is 51.5 Å². The highest BCUT2D eigenvalue weighted by atomic mass is 35.5. The average molecular weight is 434 g/mol. The lowest BCUT2D eigenvalue weighted by molar-refractivity contribution is -0.161. The molecular weight excluding hydrogens is 419 g/mol. The van der Waals surface area contributed by atoms with Gasteiger partial charge in [0.15, 0.2) is 24.2 Å². The van der Waals surface area contributed by atoms with Gasteiger partial charge in [-0.3, -0.25) is 0 Å². The Bertz CT molecular complexity index is 840. The fraction of sp³-hybridized carbons (Fsp3) is 0.222. The lowest BCUT2D eigenvalue weighted by Gasteiger charge is -2.17. The molecule has 0 bridgehead atoms. The molecule has 0 saturated heterocycles. The Morgan fingerprint density at radius 3 is 2.22 bits per heavy atom. The first-order valence-corrected chi connectivity index (χ1v) is 8.76. The Kier molecular flexibility index (Phi) is 7.59. The van der Waals surface area contributed by atoms with Crippen molar-refractivity contribution in [1.82, 2.24) is 0 Å². The Morgan fingerprint density at radius 2 is 1.59 bits per heavy atom. The van der Waals surface area contributed by atoms with Crippen LogP contribution in [0.1, 0.15) is 6.92 Å². The monoisotopic (exact) mass is 432 g/mol. The zero-order valence-electron chi connectivity index (χ0n) is 14.3. The smallest absolute Gasteiger partial charge is 0.347 e. The number of rotatable bonds is 7. The first-order valence-electron chi connectivity index (χ1n) is 7.62. The standard InChI is InChI=1S/C18H15Cl3O6/c1-10(18(23)25-9-17(22)24-2)26-16-8-12(20)4-6-15(16)27-14-5-3-11(19)7-13(14)21/h3-8,10H,9H2,1-2H3/t10-/m1/s1. The third-order valence-electron chi connectivity index (χ3n) is 3.22. The molecule has 27 heavy (non-hydrogen) atoms. The van der Waals surface area contributed by atoms with E-state index in [1.54, 1.807) is 24.3 Å². The molecule has 0 heterocycles. The molecule has 0 aromatic heterocycles. The molecule has 2 rings (SSSR count). The predicted molar refractivity (Wildman–Crippen MR) is 101 cm³/mol. The van der Waals surface area contributed by atoms with Crippen LogP contribution in [0.25, 0.3) is 0 Å². The van der Waals surface area contributed by atoms with Crippen molar-refractivity contribution in [2.75, 3.05) is 13.7 Å². The molecule has 0 unspecified atom stereocenters. The van der Waals surface area contributed by atoms with E-state index in [1.807, 2.05) is 0 Å². The summed E-state index contributed by atoms with van der Waals surface area (Å²) in [4.78, 5) is 23.0. The highest BCUT2D eigenvalue weighted by Gasteiger charge is 2.20. The molecule has 9 heteroatoms. The quantitative estimate of drug-likeness (QED) is 0.577. The van der Waals surface area contributed by atoms with Gasteiger partial charge >= 0.3 is 11.9 Å². The van der Waals surface area contributed by atoms with Crippen LogP contribution < -0.4 is 9.47 Å². The van der Waals surface area contributed by atoms with Gasteiger partial charge in [-0.1, -0.05) is 34.8 Å². The number of hydrogen-bond donors (Lipinski definition) is 0. The molecule has 0 amide bonds. The number of esters is 2. The molecule has 0 spiro atoms. The molecule has 1 atom stereocenters. The number of methoxy groups -OCH3 is 1. The predicted octanol–water partition coefficient (Wildman–Crippen LogP) is 4.92. The summed E-state index contributed by atoms with van der Waals surface area (Å²) in [6, 6.07) is 9.37.